The maximum absolute atomic E-state index is 10.7. The summed E-state index contributed by atoms with van der Waals surface area (Å²) >= 11 is 0. The van der Waals surface area contributed by atoms with Crippen LogP contribution in [0.25, 0.3) is 0 Å². The highest BCUT2D eigenvalue weighted by atomic mass is 16.5. The maximum Gasteiger partial charge on any atom is 0.305 e. The van der Waals surface area contributed by atoms with E-state index < -0.39 is 0 Å². The van der Waals surface area contributed by atoms with Gasteiger partial charge in [0.1, 0.15) is 0 Å². The Morgan fingerprint density at radius 1 is 1.60 bits per heavy atom. The number of ether oxygens (including phenoxy) is 1. The van der Waals surface area contributed by atoms with Crippen LogP contribution in [0.2, 0.25) is 0 Å². The third-order valence-electron chi connectivity index (χ3n) is 1.07. The van der Waals surface area contributed by atoms with Gasteiger partial charge in [-0.25, -0.2) is 5.32 Å². The molecule has 3 nitrogen and oxygen atoms in total. The Hall–Kier alpha value is -0.570. The molecule has 0 saturated heterocycles. The molecule has 3 heteroatoms. The van der Waals surface area contributed by atoms with E-state index in [0.29, 0.717) is 13.0 Å². The lowest BCUT2D eigenvalue weighted by atomic mass is 10.3. The first-order valence-electron chi connectivity index (χ1n) is 3.52. The van der Waals surface area contributed by atoms with Crippen molar-refractivity contribution in [3.63, 3.8) is 0 Å². The van der Waals surface area contributed by atoms with Crippen LogP contribution in [0.4, 0.5) is 0 Å². The highest BCUT2D eigenvalue weighted by molar-refractivity contribution is 5.69. The average molecular weight is 144 g/mol. The number of carbonyl (C=O) groups is 1. The second-order valence-corrected chi connectivity index (χ2v) is 1.95. The van der Waals surface area contributed by atoms with Crippen LogP contribution in [0.15, 0.2) is 0 Å². The predicted molar refractivity (Wildman–Crippen MR) is 38.8 cm³/mol. The largest absolute Gasteiger partial charge is 0.466 e. The predicted octanol–water partition coefficient (Wildman–Crippen LogP) is 0.564. The Balaban J connectivity index is 3.05. The number of esters is 1. The first kappa shape index (κ1) is 9.43. The van der Waals surface area contributed by atoms with Crippen molar-refractivity contribution in [3.05, 3.63) is 0 Å². The molecule has 0 heterocycles. The van der Waals surface area contributed by atoms with Crippen LogP contribution >= 0.6 is 0 Å². The van der Waals surface area contributed by atoms with E-state index in [-0.39, 0.29) is 5.97 Å². The van der Waals surface area contributed by atoms with E-state index in [1.165, 1.54) is 0 Å². The molecule has 0 unspecified atom stereocenters. The van der Waals surface area contributed by atoms with E-state index in [1.54, 1.807) is 7.05 Å². The Bertz CT molecular complexity index is 93.6. The summed E-state index contributed by atoms with van der Waals surface area (Å²) in [6.07, 6.45) is 1.29. The van der Waals surface area contributed by atoms with Gasteiger partial charge in [0.25, 0.3) is 0 Å². The molecule has 10 heavy (non-hydrogen) atoms. The molecule has 59 valence electrons. The molecule has 0 N–H and O–H groups in total. The molecule has 1 radical (unpaired) electrons. The molecule has 0 aromatic carbocycles. The molecule has 0 fully saturated rings. The van der Waals surface area contributed by atoms with Crippen LogP contribution in [0.1, 0.15) is 19.8 Å². The van der Waals surface area contributed by atoms with E-state index in [4.69, 9.17) is 4.74 Å². The minimum absolute atomic E-state index is 0.119. The van der Waals surface area contributed by atoms with Gasteiger partial charge in [-0.1, -0.05) is 0 Å². The van der Waals surface area contributed by atoms with Crippen molar-refractivity contribution in [2.75, 3.05) is 20.2 Å². The average Bonchev–Trinajstić information content (AvgIpc) is 1.89. The van der Waals surface area contributed by atoms with Crippen molar-refractivity contribution in [2.24, 2.45) is 0 Å². The van der Waals surface area contributed by atoms with E-state index >= 15 is 0 Å². The van der Waals surface area contributed by atoms with Crippen LogP contribution in [0.5, 0.6) is 0 Å². The maximum atomic E-state index is 10.7. The highest BCUT2D eigenvalue weighted by Crippen LogP contribution is 1.90. The van der Waals surface area contributed by atoms with Crippen molar-refractivity contribution in [3.8, 4) is 0 Å². The molecule has 0 aromatic rings. The molecule has 0 spiro atoms. The van der Waals surface area contributed by atoms with Crippen LogP contribution < -0.4 is 5.32 Å². The van der Waals surface area contributed by atoms with Gasteiger partial charge < -0.3 is 4.74 Å². The van der Waals surface area contributed by atoms with Crippen LogP contribution in [-0.2, 0) is 9.53 Å². The molecule has 0 aliphatic rings. The van der Waals surface area contributed by atoms with Gasteiger partial charge in [-0.05, 0) is 13.3 Å². The van der Waals surface area contributed by atoms with Crippen LogP contribution in [-0.4, -0.2) is 26.2 Å². The third kappa shape index (κ3) is 5.56. The second-order valence-electron chi connectivity index (χ2n) is 1.95. The van der Waals surface area contributed by atoms with Gasteiger partial charge in [0.05, 0.1) is 6.61 Å². The number of nitrogens with zero attached hydrogens (tertiary/aromatic N) is 1. The molecule has 0 bridgehead atoms. The lowest BCUT2D eigenvalue weighted by Gasteiger charge is -1.99. The molecule has 0 aliphatic carbocycles. The first-order valence-corrected chi connectivity index (χ1v) is 3.52. The molecule has 0 amide bonds. The zero-order valence-corrected chi connectivity index (χ0v) is 6.59. The fourth-order valence-electron chi connectivity index (χ4n) is 0.615. The van der Waals surface area contributed by atoms with E-state index in [9.17, 15) is 4.79 Å². The summed E-state index contributed by atoms with van der Waals surface area (Å²) in [6.45, 7) is 3.03. The molecular formula is C7H14NO2. The zero-order valence-electron chi connectivity index (χ0n) is 6.59. The van der Waals surface area contributed by atoms with Gasteiger partial charge in [-0.15, -0.1) is 0 Å². The quantitative estimate of drug-likeness (QED) is 0.418. The van der Waals surface area contributed by atoms with Crippen LogP contribution in [0, 0.1) is 0 Å². The van der Waals surface area contributed by atoms with Crippen molar-refractivity contribution in [1.82, 2.24) is 5.32 Å². The SMILES string of the molecule is CCOC(=O)CCC[N]C. The Morgan fingerprint density at radius 2 is 2.30 bits per heavy atom. The highest BCUT2D eigenvalue weighted by Gasteiger charge is 1.98. The third-order valence-corrected chi connectivity index (χ3v) is 1.07. The molecule has 0 aliphatic heterocycles. The van der Waals surface area contributed by atoms with Gasteiger partial charge in [0.15, 0.2) is 0 Å². The molecule has 0 atom stereocenters. The summed E-state index contributed by atoms with van der Waals surface area (Å²) in [4.78, 5) is 10.7. The number of rotatable bonds is 5. The molecule has 0 rings (SSSR count). The van der Waals surface area contributed by atoms with Crippen molar-refractivity contribution in [1.29, 1.82) is 0 Å². The Morgan fingerprint density at radius 3 is 2.80 bits per heavy atom. The minimum atomic E-state index is -0.119. The number of hydrogen-bond donors (Lipinski definition) is 0. The van der Waals surface area contributed by atoms with E-state index in [1.807, 2.05) is 6.92 Å². The van der Waals surface area contributed by atoms with Crippen molar-refractivity contribution >= 4 is 5.97 Å². The van der Waals surface area contributed by atoms with Crippen LogP contribution in [0.3, 0.4) is 0 Å². The summed E-state index contributed by atoms with van der Waals surface area (Å²) in [5.74, 6) is -0.119. The Labute approximate surface area is 61.8 Å². The smallest absolute Gasteiger partial charge is 0.305 e. The van der Waals surface area contributed by atoms with Crippen molar-refractivity contribution < 1.29 is 9.53 Å². The van der Waals surface area contributed by atoms with Gasteiger partial charge in [-0.2, -0.15) is 0 Å². The summed E-state index contributed by atoms with van der Waals surface area (Å²) in [5.41, 5.74) is 0. The standard InChI is InChI=1S/C7H14NO2/c1-3-10-7(9)5-4-6-8-2/h3-6H2,1-2H3. The second kappa shape index (κ2) is 6.55. The number of hydrogen-bond acceptors (Lipinski definition) is 2. The fraction of sp³-hybridized carbons (Fsp3) is 0.857. The van der Waals surface area contributed by atoms with Gasteiger partial charge in [0.2, 0.25) is 0 Å². The lowest BCUT2D eigenvalue weighted by molar-refractivity contribution is -0.143. The van der Waals surface area contributed by atoms with Gasteiger partial charge in [0, 0.05) is 20.0 Å². The minimum Gasteiger partial charge on any atom is -0.466 e. The normalized spacial score (nSPS) is 9.40. The zero-order chi connectivity index (χ0) is 7.82. The fourth-order valence-corrected chi connectivity index (χ4v) is 0.615. The van der Waals surface area contributed by atoms with E-state index in [0.717, 1.165) is 13.0 Å². The number of carbonyl (C=O) groups excluding carboxylic acids is 1. The van der Waals surface area contributed by atoms with Gasteiger partial charge >= 0.3 is 5.97 Å². The monoisotopic (exact) mass is 144 g/mol. The van der Waals surface area contributed by atoms with Crippen molar-refractivity contribution in [2.45, 2.75) is 19.8 Å². The van der Waals surface area contributed by atoms with E-state index in [2.05, 4.69) is 5.32 Å². The Kier molecular flexibility index (Phi) is 6.18. The molecule has 0 aromatic heterocycles. The van der Waals surface area contributed by atoms with Gasteiger partial charge in [-0.3, -0.25) is 4.79 Å². The summed E-state index contributed by atoms with van der Waals surface area (Å²) in [7, 11) is 1.74. The molecular weight excluding hydrogens is 130 g/mol. The first-order chi connectivity index (χ1) is 4.81. The lowest BCUT2D eigenvalue weighted by Crippen LogP contribution is -2.07. The molecule has 0 saturated carbocycles. The topological polar surface area (TPSA) is 40.4 Å². The summed E-state index contributed by atoms with van der Waals surface area (Å²) in [6, 6.07) is 0. The summed E-state index contributed by atoms with van der Waals surface area (Å²) < 4.78 is 4.71. The summed E-state index contributed by atoms with van der Waals surface area (Å²) in [5, 5.41) is 3.86.